The number of rotatable bonds is 6. The molecule has 0 aromatic heterocycles. The highest BCUT2D eigenvalue weighted by Crippen LogP contribution is 2.31. The summed E-state index contributed by atoms with van der Waals surface area (Å²) < 4.78 is 20.9. The molecule has 5 rings (SSSR count). The summed E-state index contributed by atoms with van der Waals surface area (Å²) in [6.07, 6.45) is 2.15. The van der Waals surface area contributed by atoms with Crippen molar-refractivity contribution in [2.75, 3.05) is 19.6 Å². The third kappa shape index (κ3) is 4.14. The molecule has 3 fully saturated rings. The number of fused-ring (bicyclic) bond motifs is 3. The van der Waals surface area contributed by atoms with Crippen LogP contribution in [-0.4, -0.2) is 47.9 Å². The first-order valence-electron chi connectivity index (χ1n) is 9.89. The number of hydrogen-bond acceptors (Lipinski definition) is 3. The average Bonchev–Trinajstić information content (AvgIpc) is 2.71. The zero-order chi connectivity index (χ0) is 19.5. The molecule has 3 heterocycles. The number of esters is 1. The van der Waals surface area contributed by atoms with Crippen LogP contribution in [0.3, 0.4) is 0 Å². The topological polar surface area (TPSA) is 32.5 Å². The fourth-order valence-electron chi connectivity index (χ4n) is 4.30. The van der Waals surface area contributed by atoms with E-state index >= 15 is 0 Å². The summed E-state index contributed by atoms with van der Waals surface area (Å²) in [5.41, 5.74) is 1.75. The van der Waals surface area contributed by atoms with E-state index in [4.69, 9.17) is 4.74 Å². The van der Waals surface area contributed by atoms with Crippen LogP contribution < -0.4 is 0 Å². The van der Waals surface area contributed by atoms with Gasteiger partial charge < -0.3 is 4.74 Å². The maximum Gasteiger partial charge on any atom is 0.380 e. The molecule has 0 aliphatic carbocycles. The number of nitrogens with zero attached hydrogens (tertiary/aromatic N) is 2. The first-order chi connectivity index (χ1) is 13.6. The number of benzene rings is 2. The van der Waals surface area contributed by atoms with Crippen LogP contribution in [0.25, 0.3) is 0 Å². The Bertz CT molecular complexity index is 829. The molecule has 2 atom stereocenters. The Morgan fingerprint density at radius 3 is 2.43 bits per heavy atom. The second kappa shape index (κ2) is 8.23. The van der Waals surface area contributed by atoms with Gasteiger partial charge in [0.25, 0.3) is 6.04 Å². The van der Waals surface area contributed by atoms with Crippen molar-refractivity contribution in [3.05, 3.63) is 71.5 Å². The molecule has 3 saturated heterocycles. The molecule has 28 heavy (non-hydrogen) atoms. The molecular formula is C23H26FN2O2+. The normalized spacial score (nSPS) is 24.5. The molecule has 146 valence electrons. The lowest BCUT2D eigenvalue weighted by molar-refractivity contribution is -0.568. The molecule has 0 N–H and O–H groups in total. The van der Waals surface area contributed by atoms with Gasteiger partial charge in [-0.2, -0.15) is 0 Å². The molecular weight excluding hydrogens is 355 g/mol. The lowest BCUT2D eigenvalue weighted by Crippen LogP contribution is -2.52. The van der Waals surface area contributed by atoms with Crippen LogP contribution in [0.5, 0.6) is 0 Å². The Morgan fingerprint density at radius 2 is 1.82 bits per heavy atom. The first kappa shape index (κ1) is 18.8. The van der Waals surface area contributed by atoms with E-state index in [0.29, 0.717) is 12.5 Å². The third-order valence-electron chi connectivity index (χ3n) is 5.87. The van der Waals surface area contributed by atoms with Crippen molar-refractivity contribution in [3.63, 3.8) is 0 Å². The Kier molecular flexibility index (Phi) is 5.53. The van der Waals surface area contributed by atoms with Crippen LogP contribution in [0.15, 0.2) is 54.6 Å². The highest BCUT2D eigenvalue weighted by molar-refractivity contribution is 5.76. The number of piperidine rings is 3. The van der Waals surface area contributed by atoms with E-state index < -0.39 is 6.04 Å². The van der Waals surface area contributed by atoms with Crippen molar-refractivity contribution in [2.45, 2.75) is 31.5 Å². The van der Waals surface area contributed by atoms with E-state index in [2.05, 4.69) is 11.6 Å². The van der Waals surface area contributed by atoms with Gasteiger partial charge in [-0.3, -0.25) is 4.90 Å². The molecule has 2 aromatic carbocycles. The molecule has 0 saturated carbocycles. The maximum absolute atomic E-state index is 13.2. The summed E-state index contributed by atoms with van der Waals surface area (Å²) in [6, 6.07) is 15.3. The van der Waals surface area contributed by atoms with Crippen molar-refractivity contribution in [2.24, 2.45) is 5.92 Å². The van der Waals surface area contributed by atoms with Gasteiger partial charge in [0, 0.05) is 17.7 Å². The smallest absolute Gasteiger partial charge is 0.380 e. The van der Waals surface area contributed by atoms with Crippen LogP contribution in [0.4, 0.5) is 4.39 Å². The number of carbonyl (C=O) groups is 1. The summed E-state index contributed by atoms with van der Waals surface area (Å²) in [5.74, 6) is -0.0801. The summed E-state index contributed by atoms with van der Waals surface area (Å²) in [6.45, 7) is 7.58. The van der Waals surface area contributed by atoms with Gasteiger partial charge in [0.1, 0.15) is 18.6 Å². The molecule has 2 unspecified atom stereocenters. The number of carbonyl (C=O) groups excluding carboxylic acids is 1. The van der Waals surface area contributed by atoms with E-state index in [1.165, 1.54) is 12.1 Å². The molecule has 0 spiro atoms. The van der Waals surface area contributed by atoms with Crippen molar-refractivity contribution < 1.29 is 18.5 Å². The summed E-state index contributed by atoms with van der Waals surface area (Å²) >= 11 is 0. The van der Waals surface area contributed by atoms with Gasteiger partial charge in [-0.15, -0.1) is 0 Å². The summed E-state index contributed by atoms with van der Waals surface area (Å²) in [7, 11) is 0. The van der Waals surface area contributed by atoms with Gasteiger partial charge >= 0.3 is 5.97 Å². The Hall–Kier alpha value is -2.53. The monoisotopic (exact) mass is 381 g/mol. The lowest BCUT2D eigenvalue weighted by Gasteiger charge is -2.44. The molecule has 3 aliphatic rings. The highest BCUT2D eigenvalue weighted by Gasteiger charge is 2.40. The second-order valence-electron chi connectivity index (χ2n) is 7.80. The van der Waals surface area contributed by atoms with Crippen LogP contribution in [0.1, 0.15) is 30.0 Å². The Morgan fingerprint density at radius 1 is 1.14 bits per heavy atom. The zero-order valence-corrected chi connectivity index (χ0v) is 16.0. The number of hydrogen-bond donors (Lipinski definition) is 0. The van der Waals surface area contributed by atoms with Crippen LogP contribution in [0.2, 0.25) is 0 Å². The Balaban J connectivity index is 1.52. The minimum absolute atomic E-state index is 0.0413. The van der Waals surface area contributed by atoms with Gasteiger partial charge in [-0.25, -0.2) is 13.8 Å². The second-order valence-corrected chi connectivity index (χ2v) is 7.80. The van der Waals surface area contributed by atoms with Gasteiger partial charge in [0.2, 0.25) is 0 Å². The maximum atomic E-state index is 13.2. The van der Waals surface area contributed by atoms with Crippen LogP contribution >= 0.6 is 0 Å². The lowest BCUT2D eigenvalue weighted by atomic mass is 9.86. The third-order valence-corrected chi connectivity index (χ3v) is 5.87. The van der Waals surface area contributed by atoms with Crippen molar-refractivity contribution in [3.8, 4) is 0 Å². The predicted molar refractivity (Wildman–Crippen MR) is 106 cm³/mol. The molecule has 2 bridgehead atoms. The van der Waals surface area contributed by atoms with E-state index in [0.717, 1.165) is 43.6 Å². The minimum atomic E-state index is -0.596. The molecule has 0 radical (unpaired) electrons. The first-order valence-corrected chi connectivity index (χ1v) is 9.89. The number of ether oxygens (including phenoxy) is 1. The van der Waals surface area contributed by atoms with Crippen LogP contribution in [0, 0.1) is 11.7 Å². The van der Waals surface area contributed by atoms with Crippen molar-refractivity contribution in [1.82, 2.24) is 4.90 Å². The average molecular weight is 381 g/mol. The molecule has 4 nitrogen and oxygen atoms in total. The molecule has 5 heteroatoms. The standard InChI is InChI=1S/C23H26FN2O2/c1-25(15-17-7-9-20(24)10-8-17)22(19-5-3-2-4-6-19)23(27)28-21-16-26-13-11-18(21)12-14-26/h2-10,18,21-22H,1,11-16H2/q+1. The van der Waals surface area contributed by atoms with E-state index in [-0.39, 0.29) is 17.9 Å². The number of halogens is 1. The minimum Gasteiger partial charge on any atom is -0.456 e. The summed E-state index contributed by atoms with van der Waals surface area (Å²) in [4.78, 5) is 15.6. The van der Waals surface area contributed by atoms with Gasteiger partial charge in [-0.1, -0.05) is 30.3 Å². The predicted octanol–water partition coefficient (Wildman–Crippen LogP) is 3.42. The van der Waals surface area contributed by atoms with E-state index in [1.54, 1.807) is 16.7 Å². The molecule has 0 amide bonds. The zero-order valence-electron chi connectivity index (χ0n) is 16.0. The van der Waals surface area contributed by atoms with Gasteiger partial charge in [0.15, 0.2) is 6.54 Å². The van der Waals surface area contributed by atoms with E-state index in [1.807, 2.05) is 30.3 Å². The van der Waals surface area contributed by atoms with Crippen molar-refractivity contribution >= 4 is 12.7 Å². The highest BCUT2D eigenvalue weighted by atomic mass is 19.1. The summed E-state index contributed by atoms with van der Waals surface area (Å²) in [5, 5.41) is 0. The van der Waals surface area contributed by atoms with Gasteiger partial charge in [-0.05, 0) is 56.1 Å². The molecule has 3 aliphatic heterocycles. The van der Waals surface area contributed by atoms with Crippen molar-refractivity contribution in [1.29, 1.82) is 0 Å². The SMILES string of the molecule is C=[N+](Cc1ccc(F)cc1)C(C(=O)OC1CN2CCC1CC2)c1ccccc1. The van der Waals surface area contributed by atoms with Gasteiger partial charge in [0.05, 0.1) is 0 Å². The Labute approximate surface area is 165 Å². The van der Waals surface area contributed by atoms with Crippen LogP contribution in [-0.2, 0) is 16.1 Å². The largest absolute Gasteiger partial charge is 0.456 e. The fraction of sp³-hybridized carbons (Fsp3) is 0.391. The molecule has 2 aromatic rings. The quantitative estimate of drug-likeness (QED) is 0.437. The van der Waals surface area contributed by atoms with E-state index in [9.17, 15) is 9.18 Å². The fourth-order valence-corrected chi connectivity index (χ4v) is 4.30.